The fourth-order valence-corrected chi connectivity index (χ4v) is 2.41. The summed E-state index contributed by atoms with van der Waals surface area (Å²) in [7, 11) is 0. The average Bonchev–Trinajstić information content (AvgIpc) is 2.61. The fourth-order valence-electron chi connectivity index (χ4n) is 2.41. The third-order valence-corrected chi connectivity index (χ3v) is 3.88. The molecule has 0 saturated heterocycles. The first-order chi connectivity index (χ1) is 12.1. The van der Waals surface area contributed by atoms with Crippen molar-refractivity contribution >= 4 is 11.9 Å². The van der Waals surface area contributed by atoms with E-state index in [2.05, 4.69) is 13.8 Å². The molecule has 0 atom stereocenters. The van der Waals surface area contributed by atoms with Crippen molar-refractivity contribution in [3.05, 3.63) is 35.1 Å². The molecule has 0 saturated carbocycles. The lowest BCUT2D eigenvalue weighted by atomic mass is 10.1. The van der Waals surface area contributed by atoms with Gasteiger partial charge in [0.1, 0.15) is 5.82 Å². The molecular weight excluding hydrogens is 323 g/mol. The Balaban J connectivity index is 2.61. The first-order valence-electron chi connectivity index (χ1n) is 9.24. The van der Waals surface area contributed by atoms with E-state index in [1.807, 2.05) is 0 Å². The zero-order valence-corrected chi connectivity index (χ0v) is 15.3. The van der Waals surface area contributed by atoms with Crippen LogP contribution in [0.5, 0.6) is 0 Å². The van der Waals surface area contributed by atoms with Crippen molar-refractivity contribution in [1.82, 2.24) is 0 Å². The van der Waals surface area contributed by atoms with E-state index in [1.165, 1.54) is 6.07 Å². The van der Waals surface area contributed by atoms with E-state index in [-0.39, 0.29) is 17.7 Å². The van der Waals surface area contributed by atoms with Crippen LogP contribution >= 0.6 is 0 Å². The molecule has 1 aromatic carbocycles. The summed E-state index contributed by atoms with van der Waals surface area (Å²) in [5, 5.41) is 0. The second-order valence-electron chi connectivity index (χ2n) is 6.08. The van der Waals surface area contributed by atoms with Crippen LogP contribution in [0.1, 0.15) is 85.9 Å². The Morgan fingerprint density at radius 3 is 1.84 bits per heavy atom. The van der Waals surface area contributed by atoms with Crippen LogP contribution in [0.4, 0.5) is 4.39 Å². The van der Waals surface area contributed by atoms with Crippen LogP contribution < -0.4 is 0 Å². The minimum Gasteiger partial charge on any atom is -0.462 e. The van der Waals surface area contributed by atoms with E-state index in [0.29, 0.717) is 6.61 Å². The Morgan fingerprint density at radius 2 is 1.32 bits per heavy atom. The molecule has 5 heteroatoms. The largest absolute Gasteiger partial charge is 0.462 e. The summed E-state index contributed by atoms with van der Waals surface area (Å²) < 4.78 is 23.8. The van der Waals surface area contributed by atoms with Gasteiger partial charge in [0.15, 0.2) is 0 Å². The van der Waals surface area contributed by atoms with Crippen LogP contribution in [-0.4, -0.2) is 25.2 Å². The maximum absolute atomic E-state index is 13.5. The van der Waals surface area contributed by atoms with Crippen LogP contribution in [0.25, 0.3) is 0 Å². The summed E-state index contributed by atoms with van der Waals surface area (Å²) in [4.78, 5) is 24.3. The lowest BCUT2D eigenvalue weighted by molar-refractivity contribution is 0.0450. The molecule has 0 N–H and O–H groups in total. The summed E-state index contributed by atoms with van der Waals surface area (Å²) in [6, 6.07) is 3.45. The summed E-state index contributed by atoms with van der Waals surface area (Å²) in [5.41, 5.74) is -0.0236. The van der Waals surface area contributed by atoms with Gasteiger partial charge in [0.05, 0.1) is 24.3 Å². The van der Waals surface area contributed by atoms with Gasteiger partial charge in [0.25, 0.3) is 0 Å². The van der Waals surface area contributed by atoms with Crippen molar-refractivity contribution in [3.8, 4) is 0 Å². The molecule has 0 aromatic heterocycles. The van der Waals surface area contributed by atoms with E-state index >= 15 is 0 Å². The molecule has 140 valence electrons. The quantitative estimate of drug-likeness (QED) is 0.378. The van der Waals surface area contributed by atoms with E-state index < -0.39 is 17.8 Å². The first-order valence-corrected chi connectivity index (χ1v) is 9.24. The maximum Gasteiger partial charge on any atom is 0.339 e. The zero-order valence-electron chi connectivity index (χ0n) is 15.3. The van der Waals surface area contributed by atoms with Gasteiger partial charge in [-0.25, -0.2) is 14.0 Å². The van der Waals surface area contributed by atoms with Crippen LogP contribution in [0.15, 0.2) is 18.2 Å². The van der Waals surface area contributed by atoms with E-state index in [9.17, 15) is 14.0 Å². The Kier molecular flexibility index (Phi) is 10.5. The number of ether oxygens (including phenoxy) is 2. The number of benzene rings is 1. The van der Waals surface area contributed by atoms with Gasteiger partial charge in [0.2, 0.25) is 0 Å². The molecule has 0 heterocycles. The van der Waals surface area contributed by atoms with E-state index in [1.54, 1.807) is 0 Å². The van der Waals surface area contributed by atoms with Crippen molar-refractivity contribution in [1.29, 1.82) is 0 Å². The summed E-state index contributed by atoms with van der Waals surface area (Å²) in [5.74, 6) is -1.89. The predicted molar refractivity (Wildman–Crippen MR) is 95.2 cm³/mol. The van der Waals surface area contributed by atoms with Gasteiger partial charge in [-0.2, -0.15) is 0 Å². The number of halogens is 1. The van der Waals surface area contributed by atoms with E-state index in [0.717, 1.165) is 63.5 Å². The van der Waals surface area contributed by atoms with Gasteiger partial charge >= 0.3 is 11.9 Å². The molecule has 0 bridgehead atoms. The zero-order chi connectivity index (χ0) is 18.5. The molecule has 0 spiro atoms. The summed E-state index contributed by atoms with van der Waals surface area (Å²) in [6.07, 6.45) is 7.84. The highest BCUT2D eigenvalue weighted by molar-refractivity contribution is 6.03. The van der Waals surface area contributed by atoms with Gasteiger partial charge in [0, 0.05) is 0 Å². The molecule has 4 nitrogen and oxygen atoms in total. The van der Waals surface area contributed by atoms with Gasteiger partial charge in [-0.3, -0.25) is 0 Å². The van der Waals surface area contributed by atoms with Gasteiger partial charge < -0.3 is 9.47 Å². The molecule has 0 amide bonds. The van der Waals surface area contributed by atoms with Gasteiger partial charge in [-0.1, -0.05) is 52.4 Å². The lowest BCUT2D eigenvalue weighted by Gasteiger charge is -2.10. The second kappa shape index (κ2) is 12.5. The first kappa shape index (κ1) is 21.1. The number of esters is 2. The summed E-state index contributed by atoms with van der Waals surface area (Å²) >= 11 is 0. The highest BCUT2D eigenvalue weighted by atomic mass is 19.1. The monoisotopic (exact) mass is 352 g/mol. The van der Waals surface area contributed by atoms with Crippen molar-refractivity contribution in [2.45, 2.75) is 65.2 Å². The number of carbonyl (C=O) groups excluding carboxylic acids is 2. The third-order valence-electron chi connectivity index (χ3n) is 3.88. The SMILES string of the molecule is CCCCCCOC(=O)c1ccc(F)cc1C(=O)OCCCCCC. The number of hydrogen-bond donors (Lipinski definition) is 0. The fraction of sp³-hybridized carbons (Fsp3) is 0.600. The van der Waals surface area contributed by atoms with Crippen LogP contribution in [0.3, 0.4) is 0 Å². The number of carbonyl (C=O) groups is 2. The molecule has 0 unspecified atom stereocenters. The van der Waals surface area contributed by atoms with Crippen molar-refractivity contribution in [2.75, 3.05) is 13.2 Å². The average molecular weight is 352 g/mol. The third kappa shape index (κ3) is 8.14. The molecule has 1 aromatic rings. The van der Waals surface area contributed by atoms with Crippen LogP contribution in [-0.2, 0) is 9.47 Å². The van der Waals surface area contributed by atoms with E-state index in [4.69, 9.17) is 9.47 Å². The Labute approximate surface area is 149 Å². The van der Waals surface area contributed by atoms with Crippen molar-refractivity contribution in [2.24, 2.45) is 0 Å². The van der Waals surface area contributed by atoms with Crippen LogP contribution in [0, 0.1) is 5.82 Å². The molecule has 1 rings (SSSR count). The maximum atomic E-state index is 13.5. The predicted octanol–water partition coefficient (Wildman–Crippen LogP) is 5.30. The van der Waals surface area contributed by atoms with Crippen molar-refractivity contribution < 1.29 is 23.5 Å². The number of rotatable bonds is 12. The van der Waals surface area contributed by atoms with Gasteiger partial charge in [-0.05, 0) is 31.0 Å². The topological polar surface area (TPSA) is 52.6 Å². The smallest absolute Gasteiger partial charge is 0.339 e. The molecule has 0 fully saturated rings. The summed E-state index contributed by atoms with van der Waals surface area (Å²) in [6.45, 7) is 4.76. The van der Waals surface area contributed by atoms with Gasteiger partial charge in [-0.15, -0.1) is 0 Å². The molecule has 25 heavy (non-hydrogen) atoms. The highest BCUT2D eigenvalue weighted by Gasteiger charge is 2.20. The Morgan fingerprint density at radius 1 is 0.800 bits per heavy atom. The second-order valence-corrected chi connectivity index (χ2v) is 6.08. The normalized spacial score (nSPS) is 10.5. The Bertz CT molecular complexity index is 542. The lowest BCUT2D eigenvalue weighted by Crippen LogP contribution is -2.15. The molecular formula is C20H29FO4. The highest BCUT2D eigenvalue weighted by Crippen LogP contribution is 2.15. The molecule has 0 aliphatic rings. The standard InChI is InChI=1S/C20H29FO4/c1-3-5-7-9-13-24-19(22)17-12-11-16(21)15-18(17)20(23)25-14-10-8-6-4-2/h11-12,15H,3-10,13-14H2,1-2H3. The number of hydrogen-bond acceptors (Lipinski definition) is 4. The molecule has 0 aliphatic carbocycles. The minimum absolute atomic E-state index is 0.0513. The molecule has 0 aliphatic heterocycles. The minimum atomic E-state index is -0.686. The number of unbranched alkanes of at least 4 members (excludes halogenated alkanes) is 6. The Hall–Kier alpha value is -1.91. The van der Waals surface area contributed by atoms with Crippen LogP contribution in [0.2, 0.25) is 0 Å². The molecule has 0 radical (unpaired) electrons. The van der Waals surface area contributed by atoms with Crippen molar-refractivity contribution in [3.63, 3.8) is 0 Å².